The van der Waals surface area contributed by atoms with Crippen molar-refractivity contribution >= 4 is 34.7 Å². The molecule has 0 saturated carbocycles. The number of nitrogens with one attached hydrogen (secondary N) is 3. The first-order chi connectivity index (χ1) is 23.5. The molecule has 1 aliphatic rings. The van der Waals surface area contributed by atoms with Gasteiger partial charge >= 0.3 is 0 Å². The van der Waals surface area contributed by atoms with Crippen molar-refractivity contribution in [2.75, 3.05) is 50.9 Å². The van der Waals surface area contributed by atoms with Crippen LogP contribution in [0.1, 0.15) is 29.9 Å². The molecule has 4 aromatic rings. The van der Waals surface area contributed by atoms with Gasteiger partial charge in [-0.25, -0.2) is 9.37 Å². The van der Waals surface area contributed by atoms with E-state index in [1.807, 2.05) is 60.7 Å². The second kappa shape index (κ2) is 17.3. The fourth-order valence-electron chi connectivity index (χ4n) is 5.45. The van der Waals surface area contributed by atoms with Gasteiger partial charge in [-0.15, -0.1) is 11.3 Å². The van der Waals surface area contributed by atoms with Gasteiger partial charge < -0.3 is 30.3 Å². The Hall–Kier alpha value is -4.88. The topological polar surface area (TPSA) is 122 Å². The molecule has 3 N–H and O–H groups in total. The molecule has 0 radical (unpaired) electrons. The minimum absolute atomic E-state index is 0.248. The van der Waals surface area contributed by atoms with Crippen molar-refractivity contribution in [3.63, 3.8) is 0 Å². The number of anilines is 1. The first-order valence-electron chi connectivity index (χ1n) is 15.7. The maximum absolute atomic E-state index is 14.8. The molecule has 0 bridgehead atoms. The number of aromatic nitrogens is 1. The lowest BCUT2D eigenvalue weighted by molar-refractivity contribution is -0.125. The van der Waals surface area contributed by atoms with Crippen LogP contribution in [0.15, 0.2) is 78.2 Å². The average Bonchev–Trinajstić information content (AvgIpc) is 3.61. The van der Waals surface area contributed by atoms with Gasteiger partial charge in [0.2, 0.25) is 18.1 Å². The van der Waals surface area contributed by atoms with E-state index >= 15 is 0 Å². The molecule has 252 valence electrons. The molecule has 13 heteroatoms. The van der Waals surface area contributed by atoms with Gasteiger partial charge in [0.1, 0.15) is 6.04 Å². The number of morpholine rings is 1. The van der Waals surface area contributed by atoms with E-state index in [-0.39, 0.29) is 23.8 Å². The monoisotopic (exact) mass is 677 g/mol. The second-order valence-corrected chi connectivity index (χ2v) is 11.9. The van der Waals surface area contributed by atoms with Crippen molar-refractivity contribution in [2.24, 2.45) is 0 Å². The number of carbonyl (C=O) groups excluding carboxylic acids is 3. The van der Waals surface area contributed by atoms with E-state index in [2.05, 4.69) is 25.8 Å². The van der Waals surface area contributed by atoms with Crippen LogP contribution in [0.5, 0.6) is 5.75 Å². The average molecular weight is 678 g/mol. The van der Waals surface area contributed by atoms with Crippen molar-refractivity contribution < 1.29 is 32.6 Å². The van der Waals surface area contributed by atoms with Gasteiger partial charge in [0.15, 0.2) is 23.3 Å². The number of hydrogen-bond acceptors (Lipinski definition) is 8. The van der Waals surface area contributed by atoms with Gasteiger partial charge in [-0.2, -0.15) is 4.39 Å². The molecule has 3 amide bonds. The Balaban J connectivity index is 1.10. The summed E-state index contributed by atoms with van der Waals surface area (Å²) in [6.45, 7) is 2.60. The first-order valence-corrected chi connectivity index (χ1v) is 16.6. The number of benzene rings is 3. The van der Waals surface area contributed by atoms with Gasteiger partial charge in [-0.05, 0) is 36.1 Å². The SMILES string of the molecule is O=CNC(C(=O)NCCCCNC(=O)COc1c(-c2csc(N3CCOCC3)n2)ccc(F)c1F)C(c1ccccc1)c1ccccc1. The molecule has 1 fully saturated rings. The van der Waals surface area contributed by atoms with Crippen LogP contribution < -0.4 is 25.6 Å². The molecule has 0 aliphatic carbocycles. The Morgan fingerprint density at radius 1 is 0.938 bits per heavy atom. The summed E-state index contributed by atoms with van der Waals surface area (Å²) in [4.78, 5) is 43.9. The molecule has 1 saturated heterocycles. The molecule has 1 atom stereocenters. The third kappa shape index (κ3) is 8.92. The zero-order chi connectivity index (χ0) is 33.7. The van der Waals surface area contributed by atoms with Crippen LogP contribution in [0.3, 0.4) is 0 Å². The first kappa shape index (κ1) is 34.5. The van der Waals surface area contributed by atoms with E-state index in [0.717, 1.165) is 22.3 Å². The highest BCUT2D eigenvalue weighted by molar-refractivity contribution is 7.14. The summed E-state index contributed by atoms with van der Waals surface area (Å²) in [6, 6.07) is 20.5. The minimum atomic E-state index is -1.19. The molecule has 1 aliphatic heterocycles. The third-order valence-electron chi connectivity index (χ3n) is 7.85. The van der Waals surface area contributed by atoms with Gasteiger partial charge in [-0.1, -0.05) is 60.7 Å². The van der Waals surface area contributed by atoms with E-state index < -0.39 is 36.1 Å². The molecular weight excluding hydrogens is 640 g/mol. The number of thiazole rings is 1. The molecular formula is C35H37F2N5O5S. The van der Waals surface area contributed by atoms with Gasteiger partial charge in [0.05, 0.1) is 18.9 Å². The molecule has 5 rings (SSSR count). The molecule has 1 unspecified atom stereocenters. The smallest absolute Gasteiger partial charge is 0.257 e. The maximum Gasteiger partial charge on any atom is 0.257 e. The summed E-state index contributed by atoms with van der Waals surface area (Å²) < 4.78 is 39.8. The second-order valence-electron chi connectivity index (χ2n) is 11.1. The van der Waals surface area contributed by atoms with E-state index in [1.165, 1.54) is 17.4 Å². The van der Waals surface area contributed by atoms with Crippen molar-refractivity contribution in [1.29, 1.82) is 0 Å². The summed E-state index contributed by atoms with van der Waals surface area (Å²) in [5.74, 6) is -3.91. The van der Waals surface area contributed by atoms with Gasteiger partial charge in [0.25, 0.3) is 5.91 Å². The Labute approximate surface area is 281 Å². The third-order valence-corrected chi connectivity index (χ3v) is 8.75. The van der Waals surface area contributed by atoms with Crippen LogP contribution in [0.25, 0.3) is 11.3 Å². The van der Waals surface area contributed by atoms with Gasteiger partial charge in [0, 0.05) is 43.0 Å². The van der Waals surface area contributed by atoms with Crippen molar-refractivity contribution in [1.82, 2.24) is 20.9 Å². The number of amides is 3. The molecule has 1 aromatic heterocycles. The molecule has 0 spiro atoms. The number of ether oxygens (including phenoxy) is 2. The highest BCUT2D eigenvalue weighted by Gasteiger charge is 2.30. The predicted molar refractivity (Wildman–Crippen MR) is 179 cm³/mol. The number of unbranched alkanes of at least 4 members (excludes halogenated alkanes) is 1. The van der Waals surface area contributed by atoms with E-state index in [9.17, 15) is 23.2 Å². The molecule has 10 nitrogen and oxygen atoms in total. The lowest BCUT2D eigenvalue weighted by Crippen LogP contribution is -2.48. The summed E-state index contributed by atoms with van der Waals surface area (Å²) in [6.07, 6.45) is 1.60. The van der Waals surface area contributed by atoms with Crippen molar-refractivity contribution in [3.05, 3.63) is 101 Å². The Kier molecular flexibility index (Phi) is 12.4. The minimum Gasteiger partial charge on any atom is -0.480 e. The predicted octanol–water partition coefficient (Wildman–Crippen LogP) is 4.26. The Morgan fingerprint density at radius 3 is 2.23 bits per heavy atom. The van der Waals surface area contributed by atoms with Crippen LogP contribution in [0, 0.1) is 11.6 Å². The zero-order valence-electron chi connectivity index (χ0n) is 26.2. The summed E-state index contributed by atoms with van der Waals surface area (Å²) in [7, 11) is 0. The van der Waals surface area contributed by atoms with Crippen LogP contribution in [-0.4, -0.2) is 75.2 Å². The summed E-state index contributed by atoms with van der Waals surface area (Å²) >= 11 is 1.38. The van der Waals surface area contributed by atoms with E-state index in [0.29, 0.717) is 57.8 Å². The van der Waals surface area contributed by atoms with Crippen molar-refractivity contribution in [2.45, 2.75) is 24.8 Å². The van der Waals surface area contributed by atoms with E-state index in [1.54, 1.807) is 5.38 Å². The van der Waals surface area contributed by atoms with Crippen LogP contribution in [0.2, 0.25) is 0 Å². The zero-order valence-corrected chi connectivity index (χ0v) is 27.0. The number of carbonyl (C=O) groups is 3. The molecule has 3 aromatic carbocycles. The van der Waals surface area contributed by atoms with Gasteiger partial charge in [-0.3, -0.25) is 14.4 Å². The quantitative estimate of drug-likeness (QED) is 0.120. The summed E-state index contributed by atoms with van der Waals surface area (Å²) in [5.41, 5.74) is 2.44. The fourth-order valence-corrected chi connectivity index (χ4v) is 6.32. The number of hydrogen-bond donors (Lipinski definition) is 3. The summed E-state index contributed by atoms with van der Waals surface area (Å²) in [5, 5.41) is 10.8. The largest absolute Gasteiger partial charge is 0.480 e. The lowest BCUT2D eigenvalue weighted by atomic mass is 9.84. The van der Waals surface area contributed by atoms with Crippen LogP contribution in [-0.2, 0) is 19.1 Å². The van der Waals surface area contributed by atoms with E-state index in [4.69, 9.17) is 9.47 Å². The normalized spacial score (nSPS) is 13.5. The van der Waals surface area contributed by atoms with Crippen LogP contribution in [0.4, 0.5) is 13.9 Å². The standard InChI is InChI=1S/C35H37F2N5O5S/c36-27-14-13-26(28-22-48-35(41-28)42-17-19-46-20-18-42)33(31(27)37)47-21-29(44)38-15-7-8-16-39-34(45)32(40-23-43)30(24-9-3-1-4-10-24)25-11-5-2-6-12-25/h1-6,9-14,22-23,30,32H,7-8,15-21H2,(H,38,44)(H,39,45)(H,40,43). The maximum atomic E-state index is 14.8. The Bertz CT molecular complexity index is 1610. The van der Waals surface area contributed by atoms with Crippen LogP contribution >= 0.6 is 11.3 Å². The molecule has 2 heterocycles. The van der Waals surface area contributed by atoms with Crippen molar-refractivity contribution in [3.8, 4) is 17.0 Å². The molecule has 48 heavy (non-hydrogen) atoms. The number of nitrogens with zero attached hydrogens (tertiary/aromatic N) is 2. The highest BCUT2D eigenvalue weighted by atomic mass is 32.1. The Morgan fingerprint density at radius 2 is 1.58 bits per heavy atom. The highest BCUT2D eigenvalue weighted by Crippen LogP contribution is 2.36. The number of rotatable bonds is 16. The lowest BCUT2D eigenvalue weighted by Gasteiger charge is -2.27. The number of halogens is 2. The fraction of sp³-hybridized carbons (Fsp3) is 0.314.